The van der Waals surface area contributed by atoms with Crippen LogP contribution in [0.2, 0.25) is 0 Å². The summed E-state index contributed by atoms with van der Waals surface area (Å²) in [7, 11) is -3.92. The maximum atomic E-state index is 13.2. The lowest BCUT2D eigenvalue weighted by molar-refractivity contribution is -0.0179. The van der Waals surface area contributed by atoms with E-state index in [0.29, 0.717) is 19.8 Å². The summed E-state index contributed by atoms with van der Waals surface area (Å²) in [6, 6.07) is 3.98. The second kappa shape index (κ2) is 7.42. The minimum Gasteiger partial charge on any atom is -0.389 e. The predicted molar refractivity (Wildman–Crippen MR) is 83.5 cm³/mol. The van der Waals surface area contributed by atoms with Gasteiger partial charge in [-0.05, 0) is 18.2 Å². The highest BCUT2D eigenvalue weighted by molar-refractivity contribution is 7.89. The van der Waals surface area contributed by atoms with Crippen LogP contribution in [0.15, 0.2) is 29.2 Å². The van der Waals surface area contributed by atoms with Crippen LogP contribution in [0.3, 0.4) is 0 Å². The van der Waals surface area contributed by atoms with Gasteiger partial charge in [0.25, 0.3) is 0 Å². The van der Waals surface area contributed by atoms with Crippen molar-refractivity contribution in [2.75, 3.05) is 39.5 Å². The topological polar surface area (TPSA) is 88.1 Å². The number of hydrogen-bond donors (Lipinski definition) is 2. The highest BCUT2D eigenvalue weighted by Crippen LogP contribution is 2.19. The summed E-state index contributed by atoms with van der Waals surface area (Å²) in [5.41, 5.74) is 0. The molecule has 3 atom stereocenters. The van der Waals surface area contributed by atoms with E-state index in [-0.39, 0.29) is 11.5 Å². The third kappa shape index (κ3) is 4.11. The minimum absolute atomic E-state index is 0.0741. The number of sulfonamides is 1. The van der Waals surface area contributed by atoms with Crippen LogP contribution in [0.25, 0.3) is 0 Å². The van der Waals surface area contributed by atoms with Gasteiger partial charge in [-0.2, -0.15) is 0 Å². The summed E-state index contributed by atoms with van der Waals surface area (Å²) in [4.78, 5) is 1.94. The zero-order valence-electron chi connectivity index (χ0n) is 13.1. The highest BCUT2D eigenvalue weighted by Gasteiger charge is 2.39. The number of nitrogens with one attached hydrogen (secondary N) is 1. The molecule has 0 saturated carbocycles. The lowest BCUT2D eigenvalue weighted by Gasteiger charge is -2.29. The lowest BCUT2D eigenvalue weighted by atomic mass is 10.1. The molecule has 3 rings (SSSR count). The standard InChI is InChI=1S/C15H21FN2O5S/c16-11-2-1-3-12(8-11)24(20,21)17-13-10-23-14(15(13)19)9-18-4-6-22-7-5-18/h1-3,8,13-15,17,19H,4-7,9-10H2. The van der Waals surface area contributed by atoms with E-state index in [2.05, 4.69) is 9.62 Å². The van der Waals surface area contributed by atoms with Gasteiger partial charge in [0.15, 0.2) is 0 Å². The first-order valence-corrected chi connectivity index (χ1v) is 9.32. The van der Waals surface area contributed by atoms with Gasteiger partial charge in [0.05, 0.1) is 43.0 Å². The van der Waals surface area contributed by atoms with Gasteiger partial charge in [-0.25, -0.2) is 17.5 Å². The van der Waals surface area contributed by atoms with E-state index in [1.807, 2.05) is 0 Å². The number of aliphatic hydroxyl groups is 1. The zero-order valence-corrected chi connectivity index (χ0v) is 13.9. The lowest BCUT2D eigenvalue weighted by Crippen LogP contribution is -2.48. The first-order valence-electron chi connectivity index (χ1n) is 7.83. The van der Waals surface area contributed by atoms with E-state index in [0.717, 1.165) is 19.2 Å². The van der Waals surface area contributed by atoms with Crippen LogP contribution in [0.5, 0.6) is 0 Å². The molecule has 0 bridgehead atoms. The maximum absolute atomic E-state index is 13.2. The van der Waals surface area contributed by atoms with Crippen molar-refractivity contribution in [2.24, 2.45) is 0 Å². The Balaban J connectivity index is 1.61. The summed E-state index contributed by atoms with van der Waals surface area (Å²) < 4.78 is 51.1. The van der Waals surface area contributed by atoms with Crippen LogP contribution in [-0.2, 0) is 19.5 Å². The van der Waals surface area contributed by atoms with Crippen molar-refractivity contribution < 1.29 is 27.4 Å². The van der Waals surface area contributed by atoms with E-state index in [4.69, 9.17) is 9.47 Å². The molecule has 9 heteroatoms. The van der Waals surface area contributed by atoms with Crippen LogP contribution < -0.4 is 4.72 Å². The van der Waals surface area contributed by atoms with Gasteiger partial charge >= 0.3 is 0 Å². The van der Waals surface area contributed by atoms with Crippen LogP contribution >= 0.6 is 0 Å². The Bertz CT molecular complexity index is 666. The minimum atomic E-state index is -3.92. The summed E-state index contributed by atoms with van der Waals surface area (Å²) in [5, 5.41) is 10.4. The Morgan fingerprint density at radius 3 is 2.79 bits per heavy atom. The average Bonchev–Trinajstić information content (AvgIpc) is 2.89. The number of halogens is 1. The Labute approximate surface area is 140 Å². The molecule has 0 radical (unpaired) electrons. The van der Waals surface area contributed by atoms with Crippen LogP contribution in [0.1, 0.15) is 0 Å². The van der Waals surface area contributed by atoms with Gasteiger partial charge in [0, 0.05) is 19.6 Å². The van der Waals surface area contributed by atoms with Crippen LogP contribution in [-0.4, -0.2) is 76.1 Å². The van der Waals surface area contributed by atoms with Gasteiger partial charge < -0.3 is 14.6 Å². The Hall–Kier alpha value is -1.10. The third-order valence-electron chi connectivity index (χ3n) is 4.24. The number of benzene rings is 1. The van der Waals surface area contributed by atoms with E-state index in [9.17, 15) is 17.9 Å². The van der Waals surface area contributed by atoms with E-state index < -0.39 is 34.1 Å². The molecule has 0 aliphatic carbocycles. The van der Waals surface area contributed by atoms with Crippen molar-refractivity contribution in [1.29, 1.82) is 0 Å². The number of hydrogen-bond acceptors (Lipinski definition) is 6. The van der Waals surface area contributed by atoms with Crippen LogP contribution in [0, 0.1) is 5.82 Å². The molecule has 7 nitrogen and oxygen atoms in total. The monoisotopic (exact) mass is 360 g/mol. The van der Waals surface area contributed by atoms with Crippen molar-refractivity contribution in [3.8, 4) is 0 Å². The quantitative estimate of drug-likeness (QED) is 0.741. The Morgan fingerprint density at radius 1 is 1.33 bits per heavy atom. The molecule has 1 aromatic carbocycles. The third-order valence-corrected chi connectivity index (χ3v) is 5.73. The molecule has 3 unspecified atom stereocenters. The smallest absolute Gasteiger partial charge is 0.241 e. The average molecular weight is 360 g/mol. The predicted octanol–water partition coefficient (Wildman–Crippen LogP) is -0.435. The van der Waals surface area contributed by atoms with Crippen molar-refractivity contribution in [3.63, 3.8) is 0 Å². The van der Waals surface area contributed by atoms with Crippen molar-refractivity contribution in [2.45, 2.75) is 23.1 Å². The number of ether oxygens (including phenoxy) is 2. The van der Waals surface area contributed by atoms with E-state index in [1.165, 1.54) is 18.2 Å². The van der Waals surface area contributed by atoms with Crippen LogP contribution in [0.4, 0.5) is 4.39 Å². The molecular formula is C15H21FN2O5S. The second-order valence-corrected chi connectivity index (χ2v) is 7.67. The fourth-order valence-electron chi connectivity index (χ4n) is 2.89. The first-order chi connectivity index (χ1) is 11.5. The molecule has 2 aliphatic rings. The maximum Gasteiger partial charge on any atom is 0.241 e. The highest BCUT2D eigenvalue weighted by atomic mass is 32.2. The van der Waals surface area contributed by atoms with E-state index in [1.54, 1.807) is 0 Å². The first kappa shape index (κ1) is 17.7. The zero-order chi connectivity index (χ0) is 17.2. The van der Waals surface area contributed by atoms with Crippen molar-refractivity contribution >= 4 is 10.0 Å². The molecule has 24 heavy (non-hydrogen) atoms. The molecule has 0 aromatic heterocycles. The number of aliphatic hydroxyl groups excluding tert-OH is 1. The summed E-state index contributed by atoms with van der Waals surface area (Å²) >= 11 is 0. The molecule has 2 N–H and O–H groups in total. The molecule has 2 saturated heterocycles. The van der Waals surface area contributed by atoms with Gasteiger partial charge in [-0.15, -0.1) is 0 Å². The summed E-state index contributed by atoms with van der Waals surface area (Å²) in [6.45, 7) is 3.38. The molecule has 2 aliphatic heterocycles. The van der Waals surface area contributed by atoms with Gasteiger partial charge in [-0.3, -0.25) is 4.90 Å². The molecule has 0 spiro atoms. The second-order valence-electron chi connectivity index (χ2n) is 5.96. The number of rotatable bonds is 5. The SMILES string of the molecule is O=S(=O)(NC1COC(CN2CCOCC2)C1O)c1cccc(F)c1. The van der Waals surface area contributed by atoms with Gasteiger partial charge in [-0.1, -0.05) is 6.07 Å². The normalized spacial score (nSPS) is 29.0. The fraction of sp³-hybridized carbons (Fsp3) is 0.600. The molecule has 2 fully saturated rings. The molecule has 2 heterocycles. The fourth-order valence-corrected chi connectivity index (χ4v) is 4.16. The van der Waals surface area contributed by atoms with Crippen molar-refractivity contribution in [3.05, 3.63) is 30.1 Å². The molecule has 0 amide bonds. The summed E-state index contributed by atoms with van der Waals surface area (Å²) in [6.07, 6.45) is -1.43. The molecular weight excluding hydrogens is 339 g/mol. The summed E-state index contributed by atoms with van der Waals surface area (Å²) in [5.74, 6) is -0.633. The largest absolute Gasteiger partial charge is 0.389 e. The number of morpholine rings is 1. The van der Waals surface area contributed by atoms with Crippen molar-refractivity contribution in [1.82, 2.24) is 9.62 Å². The van der Waals surface area contributed by atoms with Gasteiger partial charge in [0.2, 0.25) is 10.0 Å². The van der Waals surface area contributed by atoms with E-state index >= 15 is 0 Å². The molecule has 1 aromatic rings. The van der Waals surface area contributed by atoms with Gasteiger partial charge in [0.1, 0.15) is 5.82 Å². The Kier molecular flexibility index (Phi) is 5.48. The Morgan fingerprint density at radius 2 is 2.08 bits per heavy atom. The number of nitrogens with zero attached hydrogens (tertiary/aromatic N) is 1. The molecule has 134 valence electrons.